The number of hydrogen-bond acceptors (Lipinski definition) is 3. The lowest BCUT2D eigenvalue weighted by Crippen LogP contribution is -2.18. The zero-order valence-electron chi connectivity index (χ0n) is 14.9. The van der Waals surface area contributed by atoms with E-state index in [1.54, 1.807) is 6.07 Å². The number of nitrogens with one attached hydrogen (secondary N) is 2. The van der Waals surface area contributed by atoms with Gasteiger partial charge < -0.3 is 10.6 Å². The second kappa shape index (κ2) is 7.78. The first-order valence-corrected chi connectivity index (χ1v) is 8.35. The van der Waals surface area contributed by atoms with Crippen molar-refractivity contribution in [2.45, 2.75) is 13.8 Å². The van der Waals surface area contributed by atoms with Gasteiger partial charge in [-0.25, -0.2) is 4.39 Å². The molecule has 3 rings (SSSR count). The highest BCUT2D eigenvalue weighted by atomic mass is 19.1. The summed E-state index contributed by atoms with van der Waals surface area (Å²) in [5, 5.41) is 5.31. The van der Waals surface area contributed by atoms with Crippen molar-refractivity contribution in [1.29, 1.82) is 0 Å². The Kier molecular flexibility index (Phi) is 5.26. The zero-order valence-corrected chi connectivity index (χ0v) is 14.9. The molecule has 0 saturated heterocycles. The van der Waals surface area contributed by atoms with Gasteiger partial charge in [0.1, 0.15) is 11.5 Å². The highest BCUT2D eigenvalue weighted by Gasteiger charge is 2.15. The standard InChI is InChI=1S/C21H18FN3O2/c1-13-6-5-7-14(2)19(13)25-20(26)15-10-11-23-18(12-15)21(27)24-17-9-4-3-8-16(17)22/h3-12H,1-2H3,(H,24,27)(H,25,26). The van der Waals surface area contributed by atoms with Gasteiger partial charge in [-0.3, -0.25) is 14.6 Å². The van der Waals surface area contributed by atoms with E-state index in [4.69, 9.17) is 0 Å². The average molecular weight is 363 g/mol. The van der Waals surface area contributed by atoms with Crippen molar-refractivity contribution in [3.63, 3.8) is 0 Å². The van der Waals surface area contributed by atoms with E-state index in [9.17, 15) is 14.0 Å². The van der Waals surface area contributed by atoms with E-state index in [1.807, 2.05) is 32.0 Å². The Labute approximate surface area is 156 Å². The number of rotatable bonds is 4. The van der Waals surface area contributed by atoms with Gasteiger partial charge in [-0.15, -0.1) is 0 Å². The smallest absolute Gasteiger partial charge is 0.274 e. The van der Waals surface area contributed by atoms with Gasteiger partial charge in [-0.2, -0.15) is 0 Å². The van der Waals surface area contributed by atoms with Gasteiger partial charge >= 0.3 is 0 Å². The quantitative estimate of drug-likeness (QED) is 0.724. The molecule has 5 nitrogen and oxygen atoms in total. The van der Waals surface area contributed by atoms with Crippen LogP contribution in [-0.2, 0) is 0 Å². The molecule has 0 aliphatic heterocycles. The molecule has 136 valence electrons. The van der Waals surface area contributed by atoms with E-state index in [0.29, 0.717) is 0 Å². The van der Waals surface area contributed by atoms with Crippen LogP contribution < -0.4 is 10.6 Å². The normalized spacial score (nSPS) is 10.3. The van der Waals surface area contributed by atoms with Crippen LogP contribution in [0.5, 0.6) is 0 Å². The number of aryl methyl sites for hydroxylation is 2. The number of amides is 2. The van der Waals surface area contributed by atoms with Crippen LogP contribution >= 0.6 is 0 Å². The van der Waals surface area contributed by atoms with Crippen LogP contribution in [0.1, 0.15) is 32.0 Å². The van der Waals surface area contributed by atoms with Crippen LogP contribution in [0.15, 0.2) is 60.8 Å². The fourth-order valence-electron chi connectivity index (χ4n) is 2.64. The number of carbonyl (C=O) groups is 2. The van der Waals surface area contributed by atoms with Gasteiger partial charge in [-0.1, -0.05) is 30.3 Å². The van der Waals surface area contributed by atoms with Crippen molar-refractivity contribution in [3.8, 4) is 0 Å². The molecule has 0 fully saturated rings. The summed E-state index contributed by atoms with van der Waals surface area (Å²) < 4.78 is 13.7. The van der Waals surface area contributed by atoms with Crippen LogP contribution in [0.3, 0.4) is 0 Å². The lowest BCUT2D eigenvalue weighted by Gasteiger charge is -2.12. The summed E-state index contributed by atoms with van der Waals surface area (Å²) >= 11 is 0. The number of aromatic nitrogens is 1. The molecule has 0 atom stereocenters. The lowest BCUT2D eigenvalue weighted by atomic mass is 10.1. The maximum absolute atomic E-state index is 13.7. The molecule has 27 heavy (non-hydrogen) atoms. The first kappa shape index (κ1) is 18.3. The zero-order chi connectivity index (χ0) is 19.4. The van der Waals surface area contributed by atoms with E-state index in [-0.39, 0.29) is 22.9 Å². The maximum atomic E-state index is 13.7. The van der Waals surface area contributed by atoms with Gasteiger partial charge in [0, 0.05) is 17.4 Å². The highest BCUT2D eigenvalue weighted by molar-refractivity contribution is 6.08. The molecule has 1 heterocycles. The molecular formula is C21H18FN3O2. The Morgan fingerprint density at radius 3 is 2.30 bits per heavy atom. The molecule has 2 aromatic carbocycles. The third-order valence-corrected chi connectivity index (χ3v) is 4.10. The largest absolute Gasteiger partial charge is 0.322 e. The molecule has 6 heteroatoms. The second-order valence-electron chi connectivity index (χ2n) is 6.08. The summed E-state index contributed by atoms with van der Waals surface area (Å²) in [6, 6.07) is 14.5. The van der Waals surface area contributed by atoms with Crippen LogP contribution in [0.2, 0.25) is 0 Å². The first-order valence-electron chi connectivity index (χ1n) is 8.35. The van der Waals surface area contributed by atoms with Gasteiger partial charge in [0.2, 0.25) is 0 Å². The first-order chi connectivity index (χ1) is 13.0. The summed E-state index contributed by atoms with van der Waals surface area (Å²) in [6.07, 6.45) is 1.37. The van der Waals surface area contributed by atoms with Crippen LogP contribution in [0.25, 0.3) is 0 Å². The van der Waals surface area contributed by atoms with Crippen molar-refractivity contribution in [1.82, 2.24) is 4.98 Å². The fourth-order valence-corrected chi connectivity index (χ4v) is 2.64. The van der Waals surface area contributed by atoms with E-state index in [1.165, 1.54) is 36.5 Å². The number of anilines is 2. The molecule has 0 saturated carbocycles. The topological polar surface area (TPSA) is 71.1 Å². The van der Waals surface area contributed by atoms with Gasteiger partial charge in [0.25, 0.3) is 11.8 Å². The maximum Gasteiger partial charge on any atom is 0.274 e. The van der Waals surface area contributed by atoms with E-state index in [0.717, 1.165) is 16.8 Å². The summed E-state index contributed by atoms with van der Waals surface area (Å²) in [5.74, 6) is -1.49. The van der Waals surface area contributed by atoms with Crippen LogP contribution in [-0.4, -0.2) is 16.8 Å². The monoisotopic (exact) mass is 363 g/mol. The van der Waals surface area contributed by atoms with Crippen LogP contribution in [0, 0.1) is 19.7 Å². The molecule has 1 aromatic heterocycles. The molecule has 0 bridgehead atoms. The van der Waals surface area contributed by atoms with Crippen molar-refractivity contribution >= 4 is 23.2 Å². The Bertz CT molecular complexity index is 998. The summed E-state index contributed by atoms with van der Waals surface area (Å²) in [5.41, 5.74) is 2.97. The Morgan fingerprint density at radius 1 is 0.889 bits per heavy atom. The fraction of sp³-hybridized carbons (Fsp3) is 0.0952. The number of para-hydroxylation sites is 2. The third kappa shape index (κ3) is 4.17. The van der Waals surface area contributed by atoms with E-state index < -0.39 is 11.7 Å². The molecular weight excluding hydrogens is 345 g/mol. The van der Waals surface area contributed by atoms with Gasteiger partial charge in [0.15, 0.2) is 0 Å². The van der Waals surface area contributed by atoms with Crippen LogP contribution in [0.4, 0.5) is 15.8 Å². The predicted molar refractivity (Wildman–Crippen MR) is 102 cm³/mol. The molecule has 0 unspecified atom stereocenters. The Morgan fingerprint density at radius 2 is 1.59 bits per heavy atom. The summed E-state index contributed by atoms with van der Waals surface area (Å²) in [7, 11) is 0. The Balaban J connectivity index is 1.80. The minimum Gasteiger partial charge on any atom is -0.322 e. The second-order valence-corrected chi connectivity index (χ2v) is 6.08. The third-order valence-electron chi connectivity index (χ3n) is 4.10. The SMILES string of the molecule is Cc1cccc(C)c1NC(=O)c1ccnc(C(=O)Nc2ccccc2F)c1. The molecule has 0 aliphatic carbocycles. The van der Waals surface area contributed by atoms with Crippen molar-refractivity contribution < 1.29 is 14.0 Å². The predicted octanol–water partition coefficient (Wildman–Crippen LogP) is 4.34. The number of halogens is 1. The van der Waals surface area contributed by atoms with Gasteiger partial charge in [0.05, 0.1) is 5.69 Å². The summed E-state index contributed by atoms with van der Waals surface area (Å²) in [6.45, 7) is 3.81. The Hall–Kier alpha value is -3.54. The lowest BCUT2D eigenvalue weighted by molar-refractivity contribution is 0.102. The van der Waals surface area contributed by atoms with Crippen molar-refractivity contribution in [3.05, 3.63) is 89.0 Å². The molecule has 2 amide bonds. The van der Waals surface area contributed by atoms with E-state index in [2.05, 4.69) is 15.6 Å². The molecule has 0 spiro atoms. The number of nitrogens with zero attached hydrogens (tertiary/aromatic N) is 1. The van der Waals surface area contributed by atoms with E-state index >= 15 is 0 Å². The number of benzene rings is 2. The van der Waals surface area contributed by atoms with Gasteiger partial charge in [-0.05, 0) is 49.2 Å². The molecule has 0 aliphatic rings. The van der Waals surface area contributed by atoms with Crippen molar-refractivity contribution in [2.24, 2.45) is 0 Å². The number of hydrogen-bond donors (Lipinski definition) is 2. The average Bonchev–Trinajstić information content (AvgIpc) is 2.66. The number of carbonyl (C=O) groups excluding carboxylic acids is 2. The number of pyridine rings is 1. The minimum atomic E-state index is -0.596. The molecule has 0 radical (unpaired) electrons. The van der Waals surface area contributed by atoms with Crippen molar-refractivity contribution in [2.75, 3.05) is 10.6 Å². The molecule has 2 N–H and O–H groups in total. The minimum absolute atomic E-state index is 0.0207. The molecule has 3 aromatic rings. The highest BCUT2D eigenvalue weighted by Crippen LogP contribution is 2.20. The summed E-state index contributed by atoms with van der Waals surface area (Å²) in [4.78, 5) is 28.9.